The van der Waals surface area contributed by atoms with Gasteiger partial charge in [0.1, 0.15) is 11.6 Å². The number of anilines is 1. The molecule has 2 N–H and O–H groups in total. The van der Waals surface area contributed by atoms with Crippen LogP contribution >= 0.6 is 0 Å². The Labute approximate surface area is 97.7 Å². The van der Waals surface area contributed by atoms with Crippen molar-refractivity contribution in [2.45, 2.75) is 6.92 Å². The number of fused-ring (bicyclic) bond motifs is 3. The van der Waals surface area contributed by atoms with Gasteiger partial charge >= 0.3 is 0 Å². The molecule has 0 atom stereocenters. The largest absolute Gasteiger partial charge is 0.384 e. The predicted molar refractivity (Wildman–Crippen MR) is 67.3 cm³/mol. The number of para-hydroxylation sites is 1. The summed E-state index contributed by atoms with van der Waals surface area (Å²) in [5.41, 5.74) is 8.09. The zero-order valence-corrected chi connectivity index (χ0v) is 9.66. The Balaban J connectivity index is 2.68. The highest BCUT2D eigenvalue weighted by Gasteiger charge is 2.14. The molecule has 0 spiro atoms. The van der Waals surface area contributed by atoms with Crippen LogP contribution in [-0.4, -0.2) is 9.55 Å². The molecule has 0 bridgehead atoms. The highest BCUT2D eigenvalue weighted by atomic mass is 19.1. The monoisotopic (exact) mass is 229 g/mol. The summed E-state index contributed by atoms with van der Waals surface area (Å²) in [6, 6.07) is 6.88. The Morgan fingerprint density at radius 2 is 2.00 bits per heavy atom. The number of nitrogen functional groups attached to an aromatic ring is 1. The highest BCUT2D eigenvalue weighted by Crippen LogP contribution is 2.31. The zero-order valence-electron chi connectivity index (χ0n) is 9.66. The number of hydrogen-bond donors (Lipinski definition) is 1. The summed E-state index contributed by atoms with van der Waals surface area (Å²) in [5, 5.41) is 1.83. The standard InChI is InChI=1S/C13H12FN3/c1-7-12-9(6-11(15)16-7)8-4-3-5-10(14)13(8)17(12)2/h3-6H,1-2H3,(H2,15,16). The molecule has 3 rings (SSSR count). The van der Waals surface area contributed by atoms with Gasteiger partial charge in [0, 0.05) is 17.8 Å². The molecule has 2 aromatic heterocycles. The molecule has 0 radical (unpaired) electrons. The fourth-order valence-electron chi connectivity index (χ4n) is 2.50. The van der Waals surface area contributed by atoms with Gasteiger partial charge in [-0.15, -0.1) is 0 Å². The van der Waals surface area contributed by atoms with Crippen LogP contribution in [0.15, 0.2) is 24.3 Å². The highest BCUT2D eigenvalue weighted by molar-refractivity contribution is 6.09. The molecule has 0 aliphatic rings. The Morgan fingerprint density at radius 1 is 1.24 bits per heavy atom. The van der Waals surface area contributed by atoms with E-state index in [0.717, 1.165) is 22.0 Å². The summed E-state index contributed by atoms with van der Waals surface area (Å²) < 4.78 is 15.7. The third-order valence-corrected chi connectivity index (χ3v) is 3.13. The van der Waals surface area contributed by atoms with Crippen molar-refractivity contribution in [1.82, 2.24) is 9.55 Å². The van der Waals surface area contributed by atoms with Gasteiger partial charge in [-0.1, -0.05) is 12.1 Å². The molecule has 17 heavy (non-hydrogen) atoms. The van der Waals surface area contributed by atoms with Crippen molar-refractivity contribution in [3.05, 3.63) is 35.8 Å². The number of aromatic nitrogens is 2. The number of pyridine rings is 1. The van der Waals surface area contributed by atoms with E-state index in [1.807, 2.05) is 24.6 Å². The van der Waals surface area contributed by atoms with Crippen LogP contribution in [0, 0.1) is 12.7 Å². The van der Waals surface area contributed by atoms with E-state index in [1.165, 1.54) is 6.07 Å². The number of halogens is 1. The summed E-state index contributed by atoms with van der Waals surface area (Å²) in [6.07, 6.45) is 0. The lowest BCUT2D eigenvalue weighted by atomic mass is 10.1. The molecular weight excluding hydrogens is 217 g/mol. The van der Waals surface area contributed by atoms with E-state index in [1.54, 1.807) is 12.1 Å². The number of benzene rings is 1. The van der Waals surface area contributed by atoms with E-state index in [9.17, 15) is 4.39 Å². The summed E-state index contributed by atoms with van der Waals surface area (Å²) in [7, 11) is 1.85. The number of hydrogen-bond acceptors (Lipinski definition) is 2. The van der Waals surface area contributed by atoms with E-state index in [0.29, 0.717) is 11.3 Å². The topological polar surface area (TPSA) is 43.8 Å². The summed E-state index contributed by atoms with van der Waals surface area (Å²) >= 11 is 0. The van der Waals surface area contributed by atoms with Gasteiger partial charge in [-0.3, -0.25) is 0 Å². The van der Waals surface area contributed by atoms with Crippen molar-refractivity contribution in [3.63, 3.8) is 0 Å². The lowest BCUT2D eigenvalue weighted by Gasteiger charge is -2.02. The minimum absolute atomic E-state index is 0.223. The molecule has 2 heterocycles. The number of aryl methyl sites for hydroxylation is 2. The first kappa shape index (κ1) is 10.1. The van der Waals surface area contributed by atoms with Crippen LogP contribution in [0.1, 0.15) is 5.69 Å². The average molecular weight is 229 g/mol. The molecule has 0 amide bonds. The van der Waals surface area contributed by atoms with Crippen molar-refractivity contribution < 1.29 is 4.39 Å². The first-order chi connectivity index (χ1) is 8.09. The lowest BCUT2D eigenvalue weighted by Crippen LogP contribution is -1.96. The summed E-state index contributed by atoms with van der Waals surface area (Å²) in [4.78, 5) is 4.22. The number of nitrogens with zero attached hydrogens (tertiary/aromatic N) is 2. The van der Waals surface area contributed by atoms with Gasteiger partial charge in [0.15, 0.2) is 0 Å². The SMILES string of the molecule is Cc1nc(N)cc2c3cccc(F)c3n(C)c12. The van der Waals surface area contributed by atoms with E-state index < -0.39 is 0 Å². The summed E-state index contributed by atoms with van der Waals surface area (Å²) in [6.45, 7) is 1.88. The minimum Gasteiger partial charge on any atom is -0.384 e. The number of nitrogens with two attached hydrogens (primary N) is 1. The van der Waals surface area contributed by atoms with Crippen molar-refractivity contribution in [3.8, 4) is 0 Å². The quantitative estimate of drug-likeness (QED) is 0.644. The van der Waals surface area contributed by atoms with Gasteiger partial charge in [0.25, 0.3) is 0 Å². The molecule has 0 unspecified atom stereocenters. The van der Waals surface area contributed by atoms with Gasteiger partial charge in [-0.05, 0) is 19.1 Å². The van der Waals surface area contributed by atoms with Gasteiger partial charge < -0.3 is 10.3 Å². The summed E-state index contributed by atoms with van der Waals surface area (Å²) in [5.74, 6) is 0.242. The van der Waals surface area contributed by atoms with Crippen LogP contribution in [-0.2, 0) is 7.05 Å². The van der Waals surface area contributed by atoms with Crippen LogP contribution < -0.4 is 5.73 Å². The molecule has 4 heteroatoms. The third-order valence-electron chi connectivity index (χ3n) is 3.13. The second kappa shape index (κ2) is 3.20. The Morgan fingerprint density at radius 3 is 2.76 bits per heavy atom. The van der Waals surface area contributed by atoms with Crippen molar-refractivity contribution in [2.24, 2.45) is 7.05 Å². The van der Waals surface area contributed by atoms with Crippen molar-refractivity contribution >= 4 is 27.6 Å². The molecule has 3 aromatic rings. The Kier molecular flexibility index (Phi) is 1.90. The van der Waals surface area contributed by atoms with Crippen molar-refractivity contribution in [1.29, 1.82) is 0 Å². The van der Waals surface area contributed by atoms with Gasteiger partial charge in [0.2, 0.25) is 0 Å². The van der Waals surface area contributed by atoms with Crippen LogP contribution in [0.25, 0.3) is 21.8 Å². The molecule has 0 saturated carbocycles. The molecule has 0 saturated heterocycles. The zero-order chi connectivity index (χ0) is 12.2. The van der Waals surface area contributed by atoms with Gasteiger partial charge in [-0.2, -0.15) is 0 Å². The van der Waals surface area contributed by atoms with E-state index in [4.69, 9.17) is 5.73 Å². The minimum atomic E-state index is -0.223. The van der Waals surface area contributed by atoms with Crippen LogP contribution in [0.2, 0.25) is 0 Å². The molecule has 0 aliphatic carbocycles. The van der Waals surface area contributed by atoms with Crippen LogP contribution in [0.4, 0.5) is 10.2 Å². The molecule has 3 nitrogen and oxygen atoms in total. The van der Waals surface area contributed by atoms with Gasteiger partial charge in [0.05, 0.1) is 16.7 Å². The van der Waals surface area contributed by atoms with E-state index in [2.05, 4.69) is 4.98 Å². The smallest absolute Gasteiger partial charge is 0.147 e. The Hall–Kier alpha value is -2.10. The molecular formula is C13H12FN3. The lowest BCUT2D eigenvalue weighted by molar-refractivity contribution is 0.633. The maximum absolute atomic E-state index is 13.8. The molecule has 86 valence electrons. The predicted octanol–water partition coefficient (Wildman–Crippen LogP) is 2.76. The normalized spacial score (nSPS) is 11.5. The van der Waals surface area contributed by atoms with Crippen molar-refractivity contribution in [2.75, 3.05) is 5.73 Å². The first-order valence-electron chi connectivity index (χ1n) is 5.39. The maximum Gasteiger partial charge on any atom is 0.147 e. The molecule has 1 aromatic carbocycles. The first-order valence-corrected chi connectivity index (χ1v) is 5.39. The second-order valence-electron chi connectivity index (χ2n) is 4.22. The fourth-order valence-corrected chi connectivity index (χ4v) is 2.50. The van der Waals surface area contributed by atoms with E-state index >= 15 is 0 Å². The average Bonchev–Trinajstić information content (AvgIpc) is 2.54. The Bertz CT molecular complexity index is 743. The third kappa shape index (κ3) is 1.24. The fraction of sp³-hybridized carbons (Fsp3) is 0.154. The maximum atomic E-state index is 13.8. The van der Waals surface area contributed by atoms with Gasteiger partial charge in [-0.25, -0.2) is 9.37 Å². The second-order valence-corrected chi connectivity index (χ2v) is 4.22. The van der Waals surface area contributed by atoms with Crippen LogP contribution in [0.5, 0.6) is 0 Å². The molecule has 0 aliphatic heterocycles. The number of rotatable bonds is 0. The van der Waals surface area contributed by atoms with Crippen LogP contribution in [0.3, 0.4) is 0 Å². The van der Waals surface area contributed by atoms with E-state index in [-0.39, 0.29) is 5.82 Å². The molecule has 0 fully saturated rings.